The van der Waals surface area contributed by atoms with Crippen LogP contribution in [0.1, 0.15) is 13.3 Å². The molecule has 1 heterocycles. The van der Waals surface area contributed by atoms with Crippen molar-refractivity contribution in [2.75, 3.05) is 11.9 Å². The summed E-state index contributed by atoms with van der Waals surface area (Å²) in [6.45, 7) is 1.93. The first-order chi connectivity index (χ1) is 6.69. The molecule has 0 fully saturated rings. The molecule has 5 nitrogen and oxygen atoms in total. The number of nitrogens with zero attached hydrogens (tertiary/aromatic N) is 2. The normalized spacial score (nSPS) is 12.5. The van der Waals surface area contributed by atoms with Crippen LogP contribution in [-0.4, -0.2) is 27.3 Å². The first-order valence-electron chi connectivity index (χ1n) is 4.58. The summed E-state index contributed by atoms with van der Waals surface area (Å²) in [6, 6.07) is -0.113. The van der Waals surface area contributed by atoms with Crippen molar-refractivity contribution in [3.63, 3.8) is 0 Å². The molecule has 1 atom stereocenters. The molecule has 0 amide bonds. The van der Waals surface area contributed by atoms with E-state index in [9.17, 15) is 4.79 Å². The molecular weight excluding hydrogens is 182 g/mol. The minimum atomic E-state index is -0.181. The third-order valence-corrected chi connectivity index (χ3v) is 2.07. The number of aliphatic hydroxyl groups excluding tert-OH is 1. The number of nitrogens with one attached hydrogen (secondary N) is 1. The average molecular weight is 197 g/mol. The summed E-state index contributed by atoms with van der Waals surface area (Å²) in [5.41, 5.74) is -0.181. The van der Waals surface area contributed by atoms with E-state index in [-0.39, 0.29) is 24.0 Å². The maximum absolute atomic E-state index is 11.5. The molecule has 1 aromatic heterocycles. The van der Waals surface area contributed by atoms with Crippen LogP contribution in [0.2, 0.25) is 0 Å². The molecule has 0 saturated heterocycles. The summed E-state index contributed by atoms with van der Waals surface area (Å²) in [5, 5.41) is 11.8. The summed E-state index contributed by atoms with van der Waals surface area (Å²) in [5.74, 6) is 0.288. The number of aromatic nitrogens is 2. The molecule has 1 rings (SSSR count). The maximum Gasteiger partial charge on any atom is 0.293 e. The van der Waals surface area contributed by atoms with Crippen LogP contribution in [0.25, 0.3) is 0 Å². The van der Waals surface area contributed by atoms with E-state index in [0.717, 1.165) is 6.42 Å². The topological polar surface area (TPSA) is 67.2 Å². The van der Waals surface area contributed by atoms with E-state index in [4.69, 9.17) is 5.11 Å². The van der Waals surface area contributed by atoms with E-state index in [1.165, 1.54) is 4.57 Å². The highest BCUT2D eigenvalue weighted by Crippen LogP contribution is 1.99. The predicted octanol–water partition coefficient (Wildman–Crippen LogP) is -0.0369. The van der Waals surface area contributed by atoms with E-state index < -0.39 is 0 Å². The number of anilines is 1. The van der Waals surface area contributed by atoms with Crippen molar-refractivity contribution in [3.05, 3.63) is 22.7 Å². The first-order valence-corrected chi connectivity index (χ1v) is 4.58. The Labute approximate surface area is 82.4 Å². The molecule has 0 aliphatic carbocycles. The smallest absolute Gasteiger partial charge is 0.293 e. The molecule has 0 aliphatic rings. The van der Waals surface area contributed by atoms with Gasteiger partial charge in [0.25, 0.3) is 5.56 Å². The quantitative estimate of drug-likeness (QED) is 0.711. The maximum atomic E-state index is 11.5. The van der Waals surface area contributed by atoms with Crippen LogP contribution >= 0.6 is 0 Å². The lowest BCUT2D eigenvalue weighted by molar-refractivity contribution is 0.271. The van der Waals surface area contributed by atoms with Gasteiger partial charge in [-0.25, -0.2) is 4.98 Å². The minimum Gasteiger partial charge on any atom is -0.394 e. The second kappa shape index (κ2) is 4.76. The van der Waals surface area contributed by atoms with Gasteiger partial charge in [-0.1, -0.05) is 6.92 Å². The minimum absolute atomic E-state index is 0.00374. The largest absolute Gasteiger partial charge is 0.394 e. The van der Waals surface area contributed by atoms with Crippen LogP contribution in [0.4, 0.5) is 5.82 Å². The van der Waals surface area contributed by atoms with Gasteiger partial charge in [0.15, 0.2) is 5.82 Å². The number of aryl methyl sites for hydroxylation is 1. The third-order valence-electron chi connectivity index (χ3n) is 2.07. The summed E-state index contributed by atoms with van der Waals surface area (Å²) >= 11 is 0. The Hall–Kier alpha value is -1.36. The van der Waals surface area contributed by atoms with Gasteiger partial charge in [0.2, 0.25) is 0 Å². The zero-order valence-electron chi connectivity index (χ0n) is 8.40. The number of hydrogen-bond acceptors (Lipinski definition) is 4. The van der Waals surface area contributed by atoms with Gasteiger partial charge < -0.3 is 15.0 Å². The molecule has 78 valence electrons. The fourth-order valence-electron chi connectivity index (χ4n) is 1.07. The summed E-state index contributed by atoms with van der Waals surface area (Å²) in [7, 11) is 1.66. The number of rotatable bonds is 4. The fraction of sp³-hybridized carbons (Fsp3) is 0.556. The monoisotopic (exact) mass is 197 g/mol. The first kappa shape index (κ1) is 10.7. The molecule has 1 aromatic rings. The van der Waals surface area contributed by atoms with Crippen molar-refractivity contribution in [1.29, 1.82) is 0 Å². The van der Waals surface area contributed by atoms with Gasteiger partial charge in [-0.3, -0.25) is 4.79 Å². The van der Waals surface area contributed by atoms with E-state index >= 15 is 0 Å². The van der Waals surface area contributed by atoms with Crippen molar-refractivity contribution in [2.45, 2.75) is 19.4 Å². The Kier molecular flexibility index (Phi) is 3.64. The van der Waals surface area contributed by atoms with Gasteiger partial charge in [-0.05, 0) is 6.42 Å². The standard InChI is InChI=1S/C9H15N3O2/c1-3-7(6-13)11-8-9(14)12(2)5-4-10-8/h4-5,7,13H,3,6H2,1-2H3,(H,10,11). The zero-order valence-corrected chi connectivity index (χ0v) is 8.40. The third kappa shape index (κ3) is 2.32. The Bertz CT molecular complexity index is 344. The zero-order chi connectivity index (χ0) is 10.6. The second-order valence-corrected chi connectivity index (χ2v) is 3.12. The van der Waals surface area contributed by atoms with Crippen LogP contribution in [-0.2, 0) is 7.05 Å². The second-order valence-electron chi connectivity index (χ2n) is 3.12. The molecular formula is C9H15N3O2. The van der Waals surface area contributed by atoms with Crippen molar-refractivity contribution in [1.82, 2.24) is 9.55 Å². The highest BCUT2D eigenvalue weighted by molar-refractivity contribution is 5.32. The van der Waals surface area contributed by atoms with Gasteiger partial charge in [0, 0.05) is 19.4 Å². The van der Waals surface area contributed by atoms with Gasteiger partial charge in [0.05, 0.1) is 12.6 Å². The van der Waals surface area contributed by atoms with Crippen LogP contribution in [0.3, 0.4) is 0 Å². The van der Waals surface area contributed by atoms with Crippen molar-refractivity contribution < 1.29 is 5.11 Å². The van der Waals surface area contributed by atoms with E-state index in [1.807, 2.05) is 6.92 Å². The lowest BCUT2D eigenvalue weighted by Crippen LogP contribution is -2.29. The van der Waals surface area contributed by atoms with Crippen LogP contribution < -0.4 is 10.9 Å². The SMILES string of the molecule is CCC(CO)Nc1nccn(C)c1=O. The Morgan fingerprint density at radius 2 is 2.43 bits per heavy atom. The molecule has 0 aliphatic heterocycles. The highest BCUT2D eigenvalue weighted by atomic mass is 16.3. The van der Waals surface area contributed by atoms with Crippen LogP contribution in [0.15, 0.2) is 17.2 Å². The Morgan fingerprint density at radius 3 is 3.00 bits per heavy atom. The number of aliphatic hydroxyl groups is 1. The van der Waals surface area contributed by atoms with Gasteiger partial charge in [0.1, 0.15) is 0 Å². The van der Waals surface area contributed by atoms with E-state index in [2.05, 4.69) is 10.3 Å². The van der Waals surface area contributed by atoms with Crippen molar-refractivity contribution in [3.8, 4) is 0 Å². The van der Waals surface area contributed by atoms with Gasteiger partial charge in [-0.15, -0.1) is 0 Å². The summed E-state index contributed by atoms with van der Waals surface area (Å²) < 4.78 is 1.44. The molecule has 0 spiro atoms. The van der Waals surface area contributed by atoms with Crippen LogP contribution in [0, 0.1) is 0 Å². The van der Waals surface area contributed by atoms with Gasteiger partial charge in [-0.2, -0.15) is 0 Å². The molecule has 0 saturated carbocycles. The van der Waals surface area contributed by atoms with E-state index in [1.54, 1.807) is 19.4 Å². The molecule has 0 radical (unpaired) electrons. The molecule has 14 heavy (non-hydrogen) atoms. The molecule has 2 N–H and O–H groups in total. The highest BCUT2D eigenvalue weighted by Gasteiger charge is 2.08. The lowest BCUT2D eigenvalue weighted by Gasteiger charge is -2.13. The predicted molar refractivity (Wildman–Crippen MR) is 54.3 cm³/mol. The fourth-order valence-corrected chi connectivity index (χ4v) is 1.07. The summed E-state index contributed by atoms with van der Waals surface area (Å²) in [6.07, 6.45) is 3.89. The van der Waals surface area contributed by atoms with Crippen molar-refractivity contribution >= 4 is 5.82 Å². The van der Waals surface area contributed by atoms with Crippen molar-refractivity contribution in [2.24, 2.45) is 7.05 Å². The molecule has 0 bridgehead atoms. The number of hydrogen-bond donors (Lipinski definition) is 2. The van der Waals surface area contributed by atoms with E-state index in [0.29, 0.717) is 0 Å². The average Bonchev–Trinajstić information content (AvgIpc) is 2.20. The lowest BCUT2D eigenvalue weighted by atomic mass is 10.2. The molecule has 1 unspecified atom stereocenters. The molecule has 0 aromatic carbocycles. The van der Waals surface area contributed by atoms with Gasteiger partial charge >= 0.3 is 0 Å². The Morgan fingerprint density at radius 1 is 1.71 bits per heavy atom. The van der Waals surface area contributed by atoms with Crippen LogP contribution in [0.5, 0.6) is 0 Å². The Balaban J connectivity index is 2.86. The molecule has 5 heteroatoms. The summed E-state index contributed by atoms with van der Waals surface area (Å²) in [4.78, 5) is 15.4.